The second kappa shape index (κ2) is 7.92. The lowest BCUT2D eigenvalue weighted by atomic mass is 10.0. The Bertz CT molecular complexity index is 1410. The molecule has 5 rings (SSSR count). The van der Waals surface area contributed by atoms with E-state index in [4.69, 9.17) is 28.2 Å². The van der Waals surface area contributed by atoms with Gasteiger partial charge in [-0.25, -0.2) is 9.78 Å². The number of thioether (sulfide) groups is 1. The van der Waals surface area contributed by atoms with E-state index in [2.05, 4.69) is 12.0 Å². The zero-order valence-electron chi connectivity index (χ0n) is 17.3. The average Bonchev–Trinajstić information content (AvgIpc) is 3.30. The molecule has 0 fully saturated rings. The van der Waals surface area contributed by atoms with Crippen molar-refractivity contribution >= 4 is 52.3 Å². The Hall–Kier alpha value is -2.32. The summed E-state index contributed by atoms with van der Waals surface area (Å²) in [4.78, 5) is 17.2. The normalized spacial score (nSPS) is 14.8. The van der Waals surface area contributed by atoms with Gasteiger partial charge in [-0.05, 0) is 44.0 Å². The van der Waals surface area contributed by atoms with Crippen molar-refractivity contribution in [2.24, 2.45) is 0 Å². The topological polar surface area (TPSA) is 68.0 Å². The molecular weight excluding hydrogens is 485 g/mol. The number of rotatable bonds is 3. The van der Waals surface area contributed by atoms with E-state index in [0.29, 0.717) is 26.4 Å². The van der Waals surface area contributed by atoms with Crippen LogP contribution in [0.15, 0.2) is 40.6 Å². The van der Waals surface area contributed by atoms with Crippen LogP contribution in [-0.2, 0) is 0 Å². The molecule has 0 saturated heterocycles. The predicted octanol–water partition coefficient (Wildman–Crippen LogP) is 7.45. The maximum Gasteiger partial charge on any atom is 0.355 e. The molecule has 0 radical (unpaired) electrons. The molecule has 4 aromatic rings. The number of halogens is 2. The molecule has 1 N–H and O–H groups in total. The summed E-state index contributed by atoms with van der Waals surface area (Å²) in [6.45, 7) is 5.90. The van der Waals surface area contributed by atoms with Gasteiger partial charge in [0.15, 0.2) is 5.69 Å². The predicted molar refractivity (Wildman–Crippen MR) is 131 cm³/mol. The zero-order chi connectivity index (χ0) is 22.7. The molecule has 2 aromatic heterocycles. The van der Waals surface area contributed by atoms with Crippen molar-refractivity contribution in [3.63, 3.8) is 0 Å². The van der Waals surface area contributed by atoms with E-state index in [1.165, 1.54) is 16.0 Å². The van der Waals surface area contributed by atoms with Crippen LogP contribution in [0.2, 0.25) is 10.0 Å². The number of thiazole rings is 1. The number of aromatic carboxylic acids is 1. The van der Waals surface area contributed by atoms with Gasteiger partial charge in [-0.3, -0.25) is 0 Å². The summed E-state index contributed by atoms with van der Waals surface area (Å²) in [6.07, 6.45) is 0. The van der Waals surface area contributed by atoms with Gasteiger partial charge in [0.25, 0.3) is 0 Å². The summed E-state index contributed by atoms with van der Waals surface area (Å²) in [7, 11) is 0. The van der Waals surface area contributed by atoms with Crippen molar-refractivity contribution < 1.29 is 9.90 Å². The average molecular weight is 502 g/mol. The zero-order valence-corrected chi connectivity index (χ0v) is 20.5. The molecule has 1 aliphatic heterocycles. The Morgan fingerprint density at radius 3 is 2.62 bits per heavy atom. The summed E-state index contributed by atoms with van der Waals surface area (Å²) in [5, 5.41) is 16.3. The minimum Gasteiger partial charge on any atom is -0.476 e. The molecule has 3 heterocycles. The highest BCUT2D eigenvalue weighted by Crippen LogP contribution is 2.53. The highest BCUT2D eigenvalue weighted by Gasteiger charge is 2.30. The summed E-state index contributed by atoms with van der Waals surface area (Å²) >= 11 is 15.6. The smallest absolute Gasteiger partial charge is 0.355 e. The van der Waals surface area contributed by atoms with Gasteiger partial charge in [0.05, 0.1) is 25.6 Å². The molecule has 0 amide bonds. The van der Waals surface area contributed by atoms with Crippen LogP contribution < -0.4 is 0 Å². The van der Waals surface area contributed by atoms with E-state index >= 15 is 0 Å². The van der Waals surface area contributed by atoms with Crippen molar-refractivity contribution in [1.29, 1.82) is 0 Å². The van der Waals surface area contributed by atoms with Gasteiger partial charge in [-0.2, -0.15) is 9.78 Å². The quantitative estimate of drug-likeness (QED) is 0.315. The number of hydrogen-bond acceptors (Lipinski definition) is 5. The number of fused-ring (bicyclic) bond motifs is 3. The Labute approximate surface area is 203 Å². The van der Waals surface area contributed by atoms with E-state index in [1.807, 2.05) is 50.2 Å². The number of aromatic nitrogens is 3. The first-order valence-electron chi connectivity index (χ1n) is 9.81. The SMILES string of the molecule is Cc1cccc(-c2c(C)nn(-c3nc4c(s3)SC(C)c3cc(Cl)c(Cl)cc3-4)c2C(=O)O)c1. The standard InChI is InChI=1S/C23H17Cl2N3O2S2/c1-10-5-4-6-13(7-10)18-11(2)27-28(20(18)21(29)30)23-26-19-15-9-17(25)16(24)8-14(15)12(3)31-22(19)32-23/h4-9,12H,1-3H3,(H,29,30). The molecule has 1 unspecified atom stereocenters. The summed E-state index contributed by atoms with van der Waals surface area (Å²) in [6, 6.07) is 11.5. The lowest BCUT2D eigenvalue weighted by Crippen LogP contribution is -2.09. The molecule has 1 atom stereocenters. The highest BCUT2D eigenvalue weighted by atomic mass is 35.5. The number of hydrogen-bond donors (Lipinski definition) is 1. The van der Waals surface area contributed by atoms with Crippen molar-refractivity contribution in [3.05, 3.63) is 69.0 Å². The molecule has 0 spiro atoms. The lowest BCUT2D eigenvalue weighted by Gasteiger charge is -2.21. The maximum absolute atomic E-state index is 12.3. The van der Waals surface area contributed by atoms with Crippen LogP contribution in [-0.4, -0.2) is 25.8 Å². The summed E-state index contributed by atoms with van der Waals surface area (Å²) in [5.41, 5.74) is 5.97. The van der Waals surface area contributed by atoms with Crippen LogP contribution in [0, 0.1) is 13.8 Å². The molecule has 32 heavy (non-hydrogen) atoms. The first-order valence-corrected chi connectivity index (χ1v) is 12.3. The number of aryl methyl sites for hydroxylation is 2. The fraction of sp³-hybridized carbons (Fsp3) is 0.174. The van der Waals surface area contributed by atoms with Crippen molar-refractivity contribution in [1.82, 2.24) is 14.8 Å². The monoisotopic (exact) mass is 501 g/mol. The highest BCUT2D eigenvalue weighted by molar-refractivity contribution is 8.01. The Morgan fingerprint density at radius 1 is 1.16 bits per heavy atom. The van der Waals surface area contributed by atoms with Crippen molar-refractivity contribution in [2.45, 2.75) is 30.2 Å². The summed E-state index contributed by atoms with van der Waals surface area (Å²) < 4.78 is 2.45. The Balaban J connectivity index is 1.71. The van der Waals surface area contributed by atoms with E-state index in [-0.39, 0.29) is 10.9 Å². The third-order valence-corrected chi connectivity index (χ3v) is 8.51. The third-order valence-electron chi connectivity index (χ3n) is 5.41. The van der Waals surface area contributed by atoms with Crippen LogP contribution in [0.4, 0.5) is 0 Å². The lowest BCUT2D eigenvalue weighted by molar-refractivity contribution is 0.0688. The largest absolute Gasteiger partial charge is 0.476 e. The molecular formula is C23H17Cl2N3O2S2. The maximum atomic E-state index is 12.3. The van der Waals surface area contributed by atoms with Gasteiger partial charge < -0.3 is 5.11 Å². The van der Waals surface area contributed by atoms with Crippen LogP contribution in [0.25, 0.3) is 27.5 Å². The van der Waals surface area contributed by atoms with Crippen LogP contribution in [0.1, 0.15) is 39.5 Å². The van der Waals surface area contributed by atoms with Crippen LogP contribution in [0.3, 0.4) is 0 Å². The van der Waals surface area contributed by atoms with Crippen molar-refractivity contribution in [2.75, 3.05) is 0 Å². The number of nitrogens with zero attached hydrogens (tertiary/aromatic N) is 3. The number of carboxylic acid groups (broad SMARTS) is 1. The van der Waals surface area contributed by atoms with Gasteiger partial charge in [0, 0.05) is 16.4 Å². The van der Waals surface area contributed by atoms with Gasteiger partial charge >= 0.3 is 5.97 Å². The fourth-order valence-corrected chi connectivity index (χ4v) is 6.84. The Kier molecular flexibility index (Phi) is 5.33. The van der Waals surface area contributed by atoms with E-state index in [1.54, 1.807) is 11.8 Å². The first kappa shape index (κ1) is 21.5. The van der Waals surface area contributed by atoms with Crippen molar-refractivity contribution in [3.8, 4) is 27.5 Å². The van der Waals surface area contributed by atoms with Gasteiger partial charge in [-0.15, -0.1) is 11.8 Å². The van der Waals surface area contributed by atoms with Gasteiger partial charge in [-0.1, -0.05) is 64.4 Å². The minimum atomic E-state index is -1.05. The molecule has 0 bridgehead atoms. The summed E-state index contributed by atoms with van der Waals surface area (Å²) in [5.74, 6) is -1.05. The first-order chi connectivity index (χ1) is 15.2. The van der Waals surface area contributed by atoms with Gasteiger partial charge in [0.1, 0.15) is 0 Å². The van der Waals surface area contributed by atoms with Crippen LogP contribution >= 0.6 is 46.3 Å². The molecule has 9 heteroatoms. The number of benzene rings is 2. The second-order valence-electron chi connectivity index (χ2n) is 7.64. The Morgan fingerprint density at radius 2 is 1.91 bits per heavy atom. The van der Waals surface area contributed by atoms with E-state index in [9.17, 15) is 9.90 Å². The minimum absolute atomic E-state index is 0.103. The van der Waals surface area contributed by atoms with Crippen LogP contribution in [0.5, 0.6) is 0 Å². The number of carbonyl (C=O) groups is 1. The molecule has 0 saturated carbocycles. The molecule has 5 nitrogen and oxygen atoms in total. The fourth-order valence-electron chi connectivity index (χ4n) is 3.97. The second-order valence-corrected chi connectivity index (χ2v) is 11.0. The third kappa shape index (κ3) is 3.44. The van der Waals surface area contributed by atoms with Gasteiger partial charge in [0.2, 0.25) is 5.13 Å². The molecule has 2 aromatic carbocycles. The molecule has 162 valence electrons. The number of carboxylic acids is 1. The van der Waals surface area contributed by atoms with E-state index < -0.39 is 5.97 Å². The molecule has 1 aliphatic rings. The van der Waals surface area contributed by atoms with E-state index in [0.717, 1.165) is 32.2 Å². The molecule has 0 aliphatic carbocycles.